The number of aryl methyl sites for hydroxylation is 1. The van der Waals surface area contributed by atoms with Gasteiger partial charge in [-0.25, -0.2) is 13.6 Å². The van der Waals surface area contributed by atoms with E-state index in [2.05, 4.69) is 0 Å². The van der Waals surface area contributed by atoms with Gasteiger partial charge in [0.1, 0.15) is 5.76 Å². The summed E-state index contributed by atoms with van der Waals surface area (Å²) in [6.45, 7) is 3.03. The highest BCUT2D eigenvalue weighted by Crippen LogP contribution is 2.41. The summed E-state index contributed by atoms with van der Waals surface area (Å²) >= 11 is 0. The molecular formula is C13H22N2O4S. The average Bonchev–Trinajstić information content (AvgIpc) is 2.64. The number of aliphatic hydroxyl groups excluding tert-OH is 1. The number of rotatable bonds is 6. The van der Waals surface area contributed by atoms with Crippen LogP contribution in [0.15, 0.2) is 15.6 Å². The van der Waals surface area contributed by atoms with Crippen molar-refractivity contribution in [3.8, 4) is 0 Å². The van der Waals surface area contributed by atoms with E-state index in [1.807, 2.05) is 11.9 Å². The molecule has 0 radical (unpaired) electrons. The maximum absolute atomic E-state index is 11.5. The summed E-state index contributed by atoms with van der Waals surface area (Å²) < 4.78 is 28.2. The van der Waals surface area contributed by atoms with Crippen molar-refractivity contribution in [2.45, 2.75) is 37.8 Å². The second-order valence-electron chi connectivity index (χ2n) is 5.90. The Bertz CT molecular complexity index is 570. The second-order valence-corrected chi connectivity index (χ2v) is 7.36. The highest BCUT2D eigenvalue weighted by atomic mass is 32.2. The molecule has 6 nitrogen and oxygen atoms in total. The van der Waals surface area contributed by atoms with Crippen molar-refractivity contribution in [3.63, 3.8) is 0 Å². The van der Waals surface area contributed by atoms with E-state index in [0.717, 1.165) is 25.8 Å². The van der Waals surface area contributed by atoms with Crippen molar-refractivity contribution >= 4 is 10.0 Å². The number of aliphatic hydroxyl groups is 1. The third-order valence-electron chi connectivity index (χ3n) is 3.95. The minimum Gasteiger partial charge on any atom is -0.448 e. The summed E-state index contributed by atoms with van der Waals surface area (Å²) in [6.07, 6.45) is 3.17. The van der Waals surface area contributed by atoms with Crippen molar-refractivity contribution < 1.29 is 17.9 Å². The summed E-state index contributed by atoms with van der Waals surface area (Å²) in [5.41, 5.74) is 0.537. The largest absolute Gasteiger partial charge is 0.448 e. The molecule has 1 aromatic rings. The minimum absolute atomic E-state index is 0.0325. The lowest BCUT2D eigenvalue weighted by atomic mass is 9.69. The van der Waals surface area contributed by atoms with Gasteiger partial charge in [-0.1, -0.05) is 6.42 Å². The van der Waals surface area contributed by atoms with Gasteiger partial charge in [0, 0.05) is 30.7 Å². The topological polar surface area (TPSA) is 96.8 Å². The van der Waals surface area contributed by atoms with Gasteiger partial charge in [0.2, 0.25) is 5.09 Å². The van der Waals surface area contributed by atoms with E-state index in [0.29, 0.717) is 17.9 Å². The number of hydrogen-bond acceptors (Lipinski definition) is 5. The lowest BCUT2D eigenvalue weighted by molar-refractivity contribution is 0.0124. The van der Waals surface area contributed by atoms with Gasteiger partial charge in [0.05, 0.1) is 0 Å². The van der Waals surface area contributed by atoms with Gasteiger partial charge < -0.3 is 14.4 Å². The Balaban J connectivity index is 2.10. The summed E-state index contributed by atoms with van der Waals surface area (Å²) in [4.78, 5) is 2.01. The van der Waals surface area contributed by atoms with Crippen LogP contribution in [-0.4, -0.2) is 38.6 Å². The van der Waals surface area contributed by atoms with E-state index in [4.69, 9.17) is 9.56 Å². The van der Waals surface area contributed by atoms with Gasteiger partial charge in [-0.3, -0.25) is 0 Å². The number of furan rings is 1. The molecule has 0 atom stereocenters. The molecule has 0 spiro atoms. The molecule has 1 aliphatic carbocycles. The quantitative estimate of drug-likeness (QED) is 0.811. The van der Waals surface area contributed by atoms with Crippen molar-refractivity contribution in [1.29, 1.82) is 0 Å². The molecule has 0 unspecified atom stereocenters. The van der Waals surface area contributed by atoms with Crippen LogP contribution in [0.5, 0.6) is 0 Å². The van der Waals surface area contributed by atoms with E-state index in [1.54, 1.807) is 13.0 Å². The standard InChI is InChI=1S/C13H22N2O4S/c1-10-6-11(12(19-10)20(14,17)18)7-15(2)8-13(9-16)4-3-5-13/h6,16H,3-5,7-9H2,1-2H3,(H2,14,17,18). The zero-order valence-corrected chi connectivity index (χ0v) is 12.7. The number of sulfonamides is 1. The molecule has 3 N–H and O–H groups in total. The first-order valence-electron chi connectivity index (χ1n) is 6.67. The number of nitrogens with two attached hydrogens (primary N) is 1. The first-order valence-corrected chi connectivity index (χ1v) is 8.22. The van der Waals surface area contributed by atoms with E-state index >= 15 is 0 Å². The van der Waals surface area contributed by atoms with Crippen LogP contribution in [0.1, 0.15) is 30.6 Å². The summed E-state index contributed by atoms with van der Waals surface area (Å²) in [5.74, 6) is 0.526. The Labute approximate surface area is 119 Å². The molecular weight excluding hydrogens is 280 g/mol. The first-order chi connectivity index (χ1) is 9.26. The van der Waals surface area contributed by atoms with Crippen LogP contribution in [0.2, 0.25) is 0 Å². The zero-order valence-electron chi connectivity index (χ0n) is 11.9. The minimum atomic E-state index is -3.84. The van der Waals surface area contributed by atoms with Gasteiger partial charge in [0.15, 0.2) is 0 Å². The number of primary sulfonamides is 1. The molecule has 114 valence electrons. The second kappa shape index (κ2) is 5.48. The smallest absolute Gasteiger partial charge is 0.271 e. The van der Waals surface area contributed by atoms with Gasteiger partial charge in [-0.15, -0.1) is 0 Å². The molecule has 0 aromatic carbocycles. The Kier molecular flexibility index (Phi) is 4.24. The fraction of sp³-hybridized carbons (Fsp3) is 0.692. The summed E-state index contributed by atoms with van der Waals surface area (Å²) in [7, 11) is -1.93. The van der Waals surface area contributed by atoms with Crippen molar-refractivity contribution in [1.82, 2.24) is 4.90 Å². The van der Waals surface area contributed by atoms with Gasteiger partial charge in [-0.05, 0) is 32.9 Å². The van der Waals surface area contributed by atoms with Crippen molar-refractivity contribution in [2.24, 2.45) is 10.6 Å². The highest BCUT2D eigenvalue weighted by Gasteiger charge is 2.37. The van der Waals surface area contributed by atoms with Crippen LogP contribution in [0.4, 0.5) is 0 Å². The molecule has 1 aromatic heterocycles. The molecule has 0 aliphatic heterocycles. The number of hydrogen-bond donors (Lipinski definition) is 2. The first kappa shape index (κ1) is 15.5. The monoisotopic (exact) mass is 302 g/mol. The molecule has 0 saturated heterocycles. The maximum Gasteiger partial charge on any atom is 0.271 e. The molecule has 1 heterocycles. The normalized spacial score (nSPS) is 18.2. The Morgan fingerprint density at radius 2 is 2.15 bits per heavy atom. The lowest BCUT2D eigenvalue weighted by Crippen LogP contribution is -2.43. The van der Waals surface area contributed by atoms with Crippen LogP contribution in [0.25, 0.3) is 0 Å². The molecule has 0 bridgehead atoms. The molecule has 20 heavy (non-hydrogen) atoms. The van der Waals surface area contributed by atoms with Crippen LogP contribution >= 0.6 is 0 Å². The molecule has 2 rings (SSSR count). The predicted molar refractivity (Wildman–Crippen MR) is 74.5 cm³/mol. The van der Waals surface area contributed by atoms with Gasteiger partial charge in [-0.2, -0.15) is 0 Å². The molecule has 0 amide bonds. The van der Waals surface area contributed by atoms with Gasteiger partial charge >= 0.3 is 0 Å². The fourth-order valence-corrected chi connectivity index (χ4v) is 3.60. The average molecular weight is 302 g/mol. The van der Waals surface area contributed by atoms with E-state index < -0.39 is 10.0 Å². The zero-order chi connectivity index (χ0) is 15.0. The van der Waals surface area contributed by atoms with E-state index in [-0.39, 0.29) is 17.1 Å². The van der Waals surface area contributed by atoms with E-state index in [1.165, 1.54) is 0 Å². The molecule has 1 fully saturated rings. The van der Waals surface area contributed by atoms with Crippen LogP contribution in [-0.2, 0) is 16.6 Å². The Morgan fingerprint density at radius 1 is 1.50 bits per heavy atom. The predicted octanol–water partition coefficient (Wildman–Crippen LogP) is 0.830. The van der Waals surface area contributed by atoms with Gasteiger partial charge in [0.25, 0.3) is 10.0 Å². The SMILES string of the molecule is Cc1cc(CN(C)CC2(CO)CCC2)c(S(N)(=O)=O)o1. The third-order valence-corrected chi connectivity index (χ3v) is 4.81. The Hall–Kier alpha value is -0.890. The highest BCUT2D eigenvalue weighted by molar-refractivity contribution is 7.89. The Morgan fingerprint density at radius 3 is 2.60 bits per heavy atom. The van der Waals surface area contributed by atoms with Crippen molar-refractivity contribution in [2.75, 3.05) is 20.2 Å². The van der Waals surface area contributed by atoms with Crippen LogP contribution in [0.3, 0.4) is 0 Å². The lowest BCUT2D eigenvalue weighted by Gasteiger charge is -2.43. The summed E-state index contributed by atoms with van der Waals surface area (Å²) in [5, 5.41) is 14.5. The van der Waals surface area contributed by atoms with Crippen LogP contribution in [0, 0.1) is 12.3 Å². The fourth-order valence-electron chi connectivity index (χ4n) is 2.86. The molecule has 7 heteroatoms. The molecule has 1 aliphatic rings. The van der Waals surface area contributed by atoms with E-state index in [9.17, 15) is 13.5 Å². The summed E-state index contributed by atoms with van der Waals surface area (Å²) in [6, 6.07) is 1.70. The number of nitrogens with zero attached hydrogens (tertiary/aromatic N) is 1. The third kappa shape index (κ3) is 3.22. The van der Waals surface area contributed by atoms with Crippen molar-refractivity contribution in [3.05, 3.63) is 17.4 Å². The van der Waals surface area contributed by atoms with Crippen LogP contribution < -0.4 is 5.14 Å². The molecule has 1 saturated carbocycles. The maximum atomic E-state index is 11.5.